The van der Waals surface area contributed by atoms with Gasteiger partial charge in [0.2, 0.25) is 5.95 Å². The van der Waals surface area contributed by atoms with Gasteiger partial charge in [0.15, 0.2) is 0 Å². The lowest BCUT2D eigenvalue weighted by atomic mass is 10.3. The number of hydrogen-bond acceptors (Lipinski definition) is 2. The van der Waals surface area contributed by atoms with Gasteiger partial charge in [0.1, 0.15) is 0 Å². The van der Waals surface area contributed by atoms with Crippen LogP contribution in [-0.2, 0) is 6.42 Å². The third kappa shape index (κ3) is 1.48. The van der Waals surface area contributed by atoms with E-state index in [0.717, 1.165) is 17.7 Å². The molecule has 50 valence electrons. The Hall–Kier alpha value is -0.440. The quantitative estimate of drug-likeness (QED) is 0.622. The average molecular weight is 145 g/mol. The second kappa shape index (κ2) is 2.92. The molecule has 1 rings (SSSR count). The lowest BCUT2D eigenvalue weighted by Crippen LogP contribution is -1.81. The van der Waals surface area contributed by atoms with E-state index in [1.54, 1.807) is 5.51 Å². The van der Waals surface area contributed by atoms with E-state index in [1.807, 2.05) is 6.92 Å². The van der Waals surface area contributed by atoms with Gasteiger partial charge in [-0.1, -0.05) is 13.3 Å². The van der Waals surface area contributed by atoms with Gasteiger partial charge in [-0.3, -0.25) is 0 Å². The number of rotatable bonds is 2. The molecule has 0 amide bonds. The van der Waals surface area contributed by atoms with Crippen molar-refractivity contribution in [3.63, 3.8) is 0 Å². The van der Waals surface area contributed by atoms with E-state index in [1.165, 1.54) is 11.3 Å². The zero-order valence-electron chi connectivity index (χ0n) is 5.22. The number of nitrogens with zero attached hydrogens (tertiary/aromatic N) is 1. The molecule has 0 aliphatic heterocycles. The number of aryl methyl sites for hydroxylation is 1. The van der Waals surface area contributed by atoms with E-state index in [0.29, 0.717) is 0 Å². The molecule has 1 aromatic heterocycles. The Morgan fingerprint density at radius 3 is 3.00 bits per heavy atom. The Morgan fingerprint density at radius 2 is 2.56 bits per heavy atom. The van der Waals surface area contributed by atoms with E-state index in [-0.39, 0.29) is 5.95 Å². The highest BCUT2D eigenvalue weighted by Crippen LogP contribution is 2.12. The maximum Gasteiger partial charge on any atom is 0.226 e. The van der Waals surface area contributed by atoms with Crippen LogP contribution in [0.2, 0.25) is 0 Å². The highest BCUT2D eigenvalue weighted by atomic mass is 32.1. The van der Waals surface area contributed by atoms with Crippen molar-refractivity contribution in [1.29, 1.82) is 0 Å². The molecule has 0 radical (unpaired) electrons. The monoisotopic (exact) mass is 145 g/mol. The largest absolute Gasteiger partial charge is 0.226 e. The second-order valence-corrected chi connectivity index (χ2v) is 2.76. The molecule has 9 heavy (non-hydrogen) atoms. The molecule has 0 spiro atoms. The topological polar surface area (TPSA) is 12.9 Å². The van der Waals surface area contributed by atoms with Crippen LogP contribution in [0.15, 0.2) is 5.51 Å². The highest BCUT2D eigenvalue weighted by Gasteiger charge is 2.01. The molecule has 0 aromatic carbocycles. The smallest absolute Gasteiger partial charge is 0.216 e. The molecule has 0 aliphatic rings. The van der Waals surface area contributed by atoms with Gasteiger partial charge in [0.25, 0.3) is 0 Å². The zero-order chi connectivity index (χ0) is 6.69. The molecule has 0 saturated heterocycles. The van der Waals surface area contributed by atoms with Crippen LogP contribution >= 0.6 is 11.3 Å². The molecule has 1 nitrogen and oxygen atoms in total. The van der Waals surface area contributed by atoms with Crippen LogP contribution in [0.25, 0.3) is 0 Å². The lowest BCUT2D eigenvalue weighted by Gasteiger charge is -1.87. The molecule has 0 fully saturated rings. The first kappa shape index (κ1) is 6.68. The van der Waals surface area contributed by atoms with Crippen LogP contribution in [0.1, 0.15) is 18.2 Å². The summed E-state index contributed by atoms with van der Waals surface area (Å²) in [5.41, 5.74) is 1.54. The fourth-order valence-corrected chi connectivity index (χ4v) is 1.39. The van der Waals surface area contributed by atoms with Gasteiger partial charge in [0, 0.05) is 0 Å². The maximum absolute atomic E-state index is 12.4. The normalized spacial score (nSPS) is 10.0. The summed E-state index contributed by atoms with van der Waals surface area (Å²) >= 11 is 1.39. The van der Waals surface area contributed by atoms with Gasteiger partial charge in [0.05, 0.1) is 10.4 Å². The first-order valence-corrected chi connectivity index (χ1v) is 3.80. The van der Waals surface area contributed by atoms with Gasteiger partial charge < -0.3 is 0 Å². The number of halogens is 1. The van der Waals surface area contributed by atoms with Crippen molar-refractivity contribution in [2.45, 2.75) is 19.8 Å². The first-order valence-electron chi connectivity index (χ1n) is 2.92. The Kier molecular flexibility index (Phi) is 2.16. The van der Waals surface area contributed by atoms with Crippen LogP contribution < -0.4 is 0 Å². The average Bonchev–Trinajstić information content (AvgIpc) is 2.18. The van der Waals surface area contributed by atoms with E-state index >= 15 is 0 Å². The van der Waals surface area contributed by atoms with Crippen molar-refractivity contribution in [2.24, 2.45) is 0 Å². The summed E-state index contributed by atoms with van der Waals surface area (Å²) in [7, 11) is 0. The first-order chi connectivity index (χ1) is 4.34. The summed E-state index contributed by atoms with van der Waals surface area (Å²) in [5, 5.41) is 0. The second-order valence-electron chi connectivity index (χ2n) is 1.82. The summed E-state index contributed by atoms with van der Waals surface area (Å²) in [6.07, 6.45) is 1.80. The summed E-state index contributed by atoms with van der Waals surface area (Å²) in [6, 6.07) is 0. The van der Waals surface area contributed by atoms with Crippen molar-refractivity contribution in [1.82, 2.24) is 4.98 Å². The predicted octanol–water partition coefficient (Wildman–Crippen LogP) is 2.23. The Morgan fingerprint density at radius 1 is 1.78 bits per heavy atom. The van der Waals surface area contributed by atoms with Crippen LogP contribution in [0.5, 0.6) is 0 Å². The summed E-state index contributed by atoms with van der Waals surface area (Å²) in [5.74, 6) is -0.290. The summed E-state index contributed by atoms with van der Waals surface area (Å²) in [6.45, 7) is 2.03. The minimum Gasteiger partial charge on any atom is -0.216 e. The predicted molar refractivity (Wildman–Crippen MR) is 36.1 cm³/mol. The molecule has 0 aliphatic carbocycles. The fourth-order valence-electron chi connectivity index (χ4n) is 0.646. The number of thiazole rings is 1. The summed E-state index contributed by atoms with van der Waals surface area (Å²) in [4.78, 5) is 4.26. The molecular formula is C6H8FNS. The van der Waals surface area contributed by atoms with E-state index in [2.05, 4.69) is 4.98 Å². The minimum absolute atomic E-state index is 0.290. The molecule has 1 aromatic rings. The number of aromatic nitrogens is 1. The van der Waals surface area contributed by atoms with Gasteiger partial charge in [-0.05, 0) is 6.42 Å². The molecule has 0 N–H and O–H groups in total. The molecular weight excluding hydrogens is 137 g/mol. The molecule has 0 saturated carbocycles. The van der Waals surface area contributed by atoms with Crippen LogP contribution in [-0.4, -0.2) is 4.98 Å². The third-order valence-electron chi connectivity index (χ3n) is 1.07. The Bertz CT molecular complexity index is 185. The lowest BCUT2D eigenvalue weighted by molar-refractivity contribution is 0.576. The molecule has 3 heteroatoms. The van der Waals surface area contributed by atoms with Crippen molar-refractivity contribution in [2.75, 3.05) is 0 Å². The van der Waals surface area contributed by atoms with Gasteiger partial charge in [-0.2, -0.15) is 4.39 Å². The molecule has 1 heterocycles. The Balaban J connectivity index is 2.69. The van der Waals surface area contributed by atoms with Crippen LogP contribution in [0.4, 0.5) is 4.39 Å². The summed E-state index contributed by atoms with van der Waals surface area (Å²) < 4.78 is 12.4. The van der Waals surface area contributed by atoms with Crippen molar-refractivity contribution >= 4 is 11.3 Å². The van der Waals surface area contributed by atoms with E-state index in [4.69, 9.17) is 0 Å². The van der Waals surface area contributed by atoms with Crippen molar-refractivity contribution < 1.29 is 4.39 Å². The van der Waals surface area contributed by atoms with Gasteiger partial charge in [-0.25, -0.2) is 4.98 Å². The zero-order valence-corrected chi connectivity index (χ0v) is 6.04. The van der Waals surface area contributed by atoms with Crippen molar-refractivity contribution in [3.8, 4) is 0 Å². The van der Waals surface area contributed by atoms with Crippen molar-refractivity contribution in [3.05, 3.63) is 16.3 Å². The van der Waals surface area contributed by atoms with Gasteiger partial charge in [-0.15, -0.1) is 11.3 Å². The fraction of sp³-hybridized carbons (Fsp3) is 0.500. The van der Waals surface area contributed by atoms with E-state index in [9.17, 15) is 4.39 Å². The number of hydrogen-bond donors (Lipinski definition) is 0. The van der Waals surface area contributed by atoms with E-state index < -0.39 is 0 Å². The Labute approximate surface area is 57.6 Å². The minimum atomic E-state index is -0.290. The highest BCUT2D eigenvalue weighted by molar-refractivity contribution is 7.09. The SMILES string of the molecule is CCCc1scnc1F. The van der Waals surface area contributed by atoms with Crippen LogP contribution in [0, 0.1) is 5.95 Å². The molecule has 0 atom stereocenters. The van der Waals surface area contributed by atoms with Crippen LogP contribution in [0.3, 0.4) is 0 Å². The molecule has 0 unspecified atom stereocenters. The maximum atomic E-state index is 12.4. The molecule has 0 bridgehead atoms. The standard InChI is InChI=1S/C6H8FNS/c1-2-3-5-6(7)8-4-9-5/h4H,2-3H2,1H3. The van der Waals surface area contributed by atoms with Gasteiger partial charge >= 0.3 is 0 Å². The third-order valence-corrected chi connectivity index (χ3v) is 1.94.